The molecule has 28 heavy (non-hydrogen) atoms. The Labute approximate surface area is 180 Å². The molecule has 1 amide bonds. The molecule has 146 valence electrons. The summed E-state index contributed by atoms with van der Waals surface area (Å²) in [7, 11) is 1.60. The van der Waals surface area contributed by atoms with Gasteiger partial charge in [0.05, 0.1) is 29.5 Å². The van der Waals surface area contributed by atoms with Crippen molar-refractivity contribution < 1.29 is 14.3 Å². The lowest BCUT2D eigenvalue weighted by atomic mass is 10.2. The molecule has 2 heterocycles. The Morgan fingerprint density at radius 2 is 2.29 bits per heavy atom. The van der Waals surface area contributed by atoms with E-state index in [1.807, 2.05) is 18.2 Å². The number of carbonyl (C=O) groups is 1. The van der Waals surface area contributed by atoms with E-state index in [2.05, 4.69) is 15.9 Å². The first-order chi connectivity index (χ1) is 13.6. The van der Waals surface area contributed by atoms with E-state index < -0.39 is 0 Å². The molecule has 4 rings (SSSR count). The second-order valence-electron chi connectivity index (χ2n) is 6.48. The van der Waals surface area contributed by atoms with Gasteiger partial charge in [-0.3, -0.25) is 9.69 Å². The molecule has 2 aromatic carbocycles. The van der Waals surface area contributed by atoms with E-state index in [1.165, 1.54) is 11.3 Å². The van der Waals surface area contributed by atoms with E-state index in [4.69, 9.17) is 26.1 Å². The van der Waals surface area contributed by atoms with Gasteiger partial charge in [0.2, 0.25) is 0 Å². The van der Waals surface area contributed by atoms with Gasteiger partial charge in [-0.1, -0.05) is 44.9 Å². The van der Waals surface area contributed by atoms with Crippen LogP contribution in [-0.2, 0) is 4.74 Å². The number of amides is 1. The summed E-state index contributed by atoms with van der Waals surface area (Å²) in [6, 6.07) is 10.9. The fraction of sp³-hybridized carbons (Fsp3) is 0.300. The molecule has 0 bridgehead atoms. The van der Waals surface area contributed by atoms with Gasteiger partial charge in [0, 0.05) is 16.6 Å². The Bertz CT molecular complexity index is 1020. The average Bonchev–Trinajstić information content (AvgIpc) is 3.36. The lowest BCUT2D eigenvalue weighted by molar-refractivity contribution is 0.0917. The van der Waals surface area contributed by atoms with Gasteiger partial charge in [-0.25, -0.2) is 4.98 Å². The quantitative estimate of drug-likeness (QED) is 0.480. The largest absolute Gasteiger partial charge is 0.494 e. The van der Waals surface area contributed by atoms with Crippen molar-refractivity contribution in [3.05, 3.63) is 51.5 Å². The number of aromatic nitrogens is 1. The molecule has 1 fully saturated rings. The van der Waals surface area contributed by atoms with Gasteiger partial charge in [0.1, 0.15) is 11.3 Å². The molecule has 0 saturated carbocycles. The normalized spacial score (nSPS) is 16.5. The van der Waals surface area contributed by atoms with Crippen molar-refractivity contribution in [1.29, 1.82) is 0 Å². The second-order valence-corrected chi connectivity index (χ2v) is 8.79. The van der Waals surface area contributed by atoms with Crippen molar-refractivity contribution in [3.8, 4) is 5.75 Å². The summed E-state index contributed by atoms with van der Waals surface area (Å²) in [6.07, 6.45) is 1.93. The number of thiazole rings is 1. The van der Waals surface area contributed by atoms with Crippen LogP contribution in [0, 0.1) is 0 Å². The molecule has 3 aromatic rings. The van der Waals surface area contributed by atoms with Crippen LogP contribution >= 0.6 is 38.9 Å². The second kappa shape index (κ2) is 8.37. The Hall–Kier alpha value is -1.67. The van der Waals surface area contributed by atoms with Crippen molar-refractivity contribution in [2.75, 3.05) is 25.2 Å². The van der Waals surface area contributed by atoms with E-state index in [1.54, 1.807) is 30.2 Å². The third-order valence-electron chi connectivity index (χ3n) is 4.62. The summed E-state index contributed by atoms with van der Waals surface area (Å²) in [5.74, 6) is 0.514. The van der Waals surface area contributed by atoms with Crippen LogP contribution in [0.25, 0.3) is 10.2 Å². The zero-order chi connectivity index (χ0) is 19.7. The average molecular weight is 482 g/mol. The Morgan fingerprint density at radius 1 is 1.43 bits per heavy atom. The summed E-state index contributed by atoms with van der Waals surface area (Å²) in [4.78, 5) is 19.7. The van der Waals surface area contributed by atoms with Crippen LogP contribution in [0.4, 0.5) is 5.13 Å². The first kappa shape index (κ1) is 19.6. The molecule has 1 aliphatic rings. The van der Waals surface area contributed by atoms with Crippen LogP contribution in [0.15, 0.2) is 40.9 Å². The molecular weight excluding hydrogens is 464 g/mol. The molecule has 1 saturated heterocycles. The van der Waals surface area contributed by atoms with Crippen LogP contribution in [0.5, 0.6) is 5.75 Å². The van der Waals surface area contributed by atoms with Gasteiger partial charge < -0.3 is 9.47 Å². The highest BCUT2D eigenvalue weighted by Crippen LogP contribution is 2.39. The summed E-state index contributed by atoms with van der Waals surface area (Å²) < 4.78 is 12.9. The monoisotopic (exact) mass is 480 g/mol. The highest BCUT2D eigenvalue weighted by molar-refractivity contribution is 9.10. The smallest absolute Gasteiger partial charge is 0.260 e. The van der Waals surface area contributed by atoms with Gasteiger partial charge in [0.25, 0.3) is 5.91 Å². The topological polar surface area (TPSA) is 51.7 Å². The first-order valence-corrected chi connectivity index (χ1v) is 10.9. The minimum atomic E-state index is -0.119. The molecule has 0 N–H and O–H groups in total. The Kier molecular flexibility index (Phi) is 5.87. The molecule has 5 nitrogen and oxygen atoms in total. The zero-order valence-electron chi connectivity index (χ0n) is 15.2. The maximum absolute atomic E-state index is 13.4. The fourth-order valence-corrected chi connectivity index (χ4v) is 4.90. The highest BCUT2D eigenvalue weighted by Gasteiger charge is 2.28. The predicted octanol–water partition coefficient (Wildman–Crippen LogP) is 5.55. The number of benzene rings is 2. The number of hydrogen-bond donors (Lipinski definition) is 0. The lowest BCUT2D eigenvalue weighted by Gasteiger charge is -2.23. The van der Waals surface area contributed by atoms with Crippen molar-refractivity contribution in [3.63, 3.8) is 0 Å². The molecule has 1 atom stereocenters. The minimum absolute atomic E-state index is 0.000447. The van der Waals surface area contributed by atoms with E-state index in [0.29, 0.717) is 33.5 Å². The summed E-state index contributed by atoms with van der Waals surface area (Å²) in [5.41, 5.74) is 1.25. The number of methoxy groups -OCH3 is 1. The van der Waals surface area contributed by atoms with Crippen molar-refractivity contribution in [2.45, 2.75) is 18.9 Å². The Morgan fingerprint density at radius 3 is 3.00 bits per heavy atom. The summed E-state index contributed by atoms with van der Waals surface area (Å²) in [6.45, 7) is 1.17. The molecular formula is C20H18BrClN2O3S. The van der Waals surface area contributed by atoms with Crippen LogP contribution < -0.4 is 9.64 Å². The summed E-state index contributed by atoms with van der Waals surface area (Å²) >= 11 is 11.2. The number of carbonyl (C=O) groups excluding carboxylic acids is 1. The van der Waals surface area contributed by atoms with Gasteiger partial charge >= 0.3 is 0 Å². The van der Waals surface area contributed by atoms with Gasteiger partial charge in [-0.15, -0.1) is 0 Å². The molecule has 1 aromatic heterocycles. The van der Waals surface area contributed by atoms with Gasteiger partial charge in [0.15, 0.2) is 5.13 Å². The van der Waals surface area contributed by atoms with Gasteiger partial charge in [-0.05, 0) is 43.2 Å². The number of fused-ring (bicyclic) bond motifs is 1. The number of ether oxygens (including phenoxy) is 2. The standard InChI is InChI=1S/C20H18BrClN2O3S/c1-26-16-8-7-15(22)18-17(16)23-20(28-18)24(11-14-6-3-9-27-14)19(25)12-4-2-5-13(21)10-12/h2,4-5,7-8,10,14H,3,6,9,11H2,1H3. The van der Waals surface area contributed by atoms with Crippen LogP contribution in [0.3, 0.4) is 0 Å². The molecule has 1 aliphatic heterocycles. The van der Waals surface area contributed by atoms with Gasteiger partial charge in [-0.2, -0.15) is 0 Å². The molecule has 1 unspecified atom stereocenters. The number of hydrogen-bond acceptors (Lipinski definition) is 5. The van der Waals surface area contributed by atoms with E-state index in [-0.39, 0.29) is 12.0 Å². The molecule has 0 radical (unpaired) electrons. The molecule has 0 spiro atoms. The van der Waals surface area contributed by atoms with Crippen molar-refractivity contribution in [1.82, 2.24) is 4.98 Å². The fourth-order valence-electron chi connectivity index (χ4n) is 3.24. The first-order valence-electron chi connectivity index (χ1n) is 8.89. The maximum Gasteiger partial charge on any atom is 0.260 e. The third-order valence-corrected chi connectivity index (χ3v) is 6.66. The lowest BCUT2D eigenvalue weighted by Crippen LogP contribution is -2.37. The summed E-state index contributed by atoms with van der Waals surface area (Å²) in [5, 5.41) is 1.17. The van der Waals surface area contributed by atoms with Crippen LogP contribution in [0.2, 0.25) is 5.02 Å². The highest BCUT2D eigenvalue weighted by atomic mass is 79.9. The van der Waals surface area contributed by atoms with Crippen LogP contribution in [-0.4, -0.2) is 37.3 Å². The van der Waals surface area contributed by atoms with Crippen molar-refractivity contribution >= 4 is 60.1 Å². The Balaban J connectivity index is 1.77. The predicted molar refractivity (Wildman–Crippen MR) is 116 cm³/mol. The molecule has 0 aliphatic carbocycles. The molecule has 8 heteroatoms. The number of halogens is 2. The number of nitrogens with zero attached hydrogens (tertiary/aromatic N) is 2. The number of anilines is 1. The minimum Gasteiger partial charge on any atom is -0.494 e. The van der Waals surface area contributed by atoms with E-state index in [9.17, 15) is 4.79 Å². The zero-order valence-corrected chi connectivity index (χ0v) is 18.3. The van der Waals surface area contributed by atoms with E-state index >= 15 is 0 Å². The van der Waals surface area contributed by atoms with Crippen LogP contribution in [0.1, 0.15) is 23.2 Å². The third kappa shape index (κ3) is 3.89. The SMILES string of the molecule is COc1ccc(Cl)c2sc(N(CC3CCCO3)C(=O)c3cccc(Br)c3)nc12. The number of rotatable bonds is 5. The van der Waals surface area contributed by atoms with Crippen molar-refractivity contribution in [2.24, 2.45) is 0 Å². The maximum atomic E-state index is 13.4. The van der Waals surface area contributed by atoms with E-state index in [0.717, 1.165) is 28.6 Å².